The quantitative estimate of drug-likeness (QED) is 0.626. The number of rotatable bonds is 0. The van der Waals surface area contributed by atoms with Gasteiger partial charge in [0.2, 0.25) is 0 Å². The number of aromatic nitrogens is 2. The molecule has 5 nitrogen and oxygen atoms in total. The summed E-state index contributed by atoms with van der Waals surface area (Å²) in [5.41, 5.74) is 1.07. The van der Waals surface area contributed by atoms with E-state index >= 15 is 0 Å². The van der Waals surface area contributed by atoms with E-state index in [2.05, 4.69) is 4.98 Å². The highest BCUT2D eigenvalue weighted by Crippen LogP contribution is 2.09. The Hall–Kier alpha value is -1.78. The average Bonchev–Trinajstić information content (AvgIpc) is 2.44. The Morgan fingerprint density at radius 2 is 2.15 bits per heavy atom. The number of aromatic amines is 1. The van der Waals surface area contributed by atoms with E-state index in [0.29, 0.717) is 5.58 Å². The van der Waals surface area contributed by atoms with Crippen molar-refractivity contribution >= 4 is 11.1 Å². The van der Waals surface area contributed by atoms with Crippen molar-refractivity contribution in [2.75, 3.05) is 0 Å². The molecule has 13 heavy (non-hydrogen) atoms. The smallest absolute Gasteiger partial charge is 0.407 e. The van der Waals surface area contributed by atoms with Crippen LogP contribution in [-0.2, 0) is 7.05 Å². The van der Waals surface area contributed by atoms with E-state index in [4.69, 9.17) is 4.42 Å². The zero-order valence-corrected chi connectivity index (χ0v) is 7.25. The fourth-order valence-corrected chi connectivity index (χ4v) is 1.34. The van der Waals surface area contributed by atoms with Gasteiger partial charge in [-0.25, -0.2) is 4.79 Å². The third-order valence-electron chi connectivity index (χ3n) is 1.93. The minimum absolute atomic E-state index is 0.229. The van der Waals surface area contributed by atoms with Crippen molar-refractivity contribution in [3.63, 3.8) is 0 Å². The molecule has 2 aromatic rings. The number of nitrogens with zero attached hydrogens (tertiary/aromatic N) is 1. The van der Waals surface area contributed by atoms with Crippen molar-refractivity contribution in [1.29, 1.82) is 0 Å². The van der Waals surface area contributed by atoms with Crippen LogP contribution >= 0.6 is 0 Å². The first-order valence-electron chi connectivity index (χ1n) is 3.78. The predicted molar refractivity (Wildman–Crippen MR) is 46.8 cm³/mol. The van der Waals surface area contributed by atoms with Crippen LogP contribution in [0.25, 0.3) is 11.1 Å². The molecule has 0 radical (unpaired) electrons. The van der Waals surface area contributed by atoms with E-state index in [0.717, 1.165) is 5.56 Å². The number of oxazole rings is 1. The largest absolute Gasteiger partial charge is 0.417 e. The van der Waals surface area contributed by atoms with Crippen molar-refractivity contribution in [2.45, 2.75) is 6.92 Å². The van der Waals surface area contributed by atoms with E-state index in [1.807, 2.05) is 0 Å². The van der Waals surface area contributed by atoms with Crippen molar-refractivity contribution in [1.82, 2.24) is 9.55 Å². The standard InChI is InChI=1S/C8H8N2O3/c1-4-3-10(2)7(11)5-6(4)13-8(12)9-5/h3H,1-2H3,(H,9,12). The van der Waals surface area contributed by atoms with Crippen LogP contribution in [0.2, 0.25) is 0 Å². The number of nitrogens with one attached hydrogen (secondary N) is 1. The highest BCUT2D eigenvalue weighted by molar-refractivity contribution is 5.74. The van der Waals surface area contributed by atoms with Crippen molar-refractivity contribution in [3.8, 4) is 0 Å². The molecule has 0 aliphatic heterocycles. The second-order valence-electron chi connectivity index (χ2n) is 2.95. The average molecular weight is 180 g/mol. The topological polar surface area (TPSA) is 68.0 Å². The molecule has 0 saturated carbocycles. The Labute approximate surface area is 72.6 Å². The Morgan fingerprint density at radius 1 is 1.46 bits per heavy atom. The molecule has 0 unspecified atom stereocenters. The van der Waals surface area contributed by atoms with Gasteiger partial charge in [0.1, 0.15) is 0 Å². The molecule has 2 heterocycles. The maximum Gasteiger partial charge on any atom is 0.417 e. The minimum atomic E-state index is -0.596. The van der Waals surface area contributed by atoms with Gasteiger partial charge in [0, 0.05) is 18.8 Å². The number of fused-ring (bicyclic) bond motifs is 1. The zero-order chi connectivity index (χ0) is 9.59. The molecule has 0 atom stereocenters. The molecule has 0 spiro atoms. The summed E-state index contributed by atoms with van der Waals surface area (Å²) in [6.45, 7) is 1.78. The molecule has 0 fully saturated rings. The van der Waals surface area contributed by atoms with Gasteiger partial charge in [-0.15, -0.1) is 0 Å². The van der Waals surface area contributed by atoms with Crippen LogP contribution in [0.5, 0.6) is 0 Å². The number of H-pyrrole nitrogens is 1. The van der Waals surface area contributed by atoms with Crippen molar-refractivity contribution in [3.05, 3.63) is 32.7 Å². The van der Waals surface area contributed by atoms with Gasteiger partial charge in [-0.05, 0) is 6.92 Å². The molecule has 0 amide bonds. The number of hydrogen-bond acceptors (Lipinski definition) is 3. The lowest BCUT2D eigenvalue weighted by atomic mass is 10.3. The first-order chi connectivity index (χ1) is 6.09. The first-order valence-corrected chi connectivity index (χ1v) is 3.78. The van der Waals surface area contributed by atoms with E-state index in [9.17, 15) is 9.59 Å². The monoisotopic (exact) mass is 180 g/mol. The lowest BCUT2D eigenvalue weighted by Crippen LogP contribution is -2.17. The molecular formula is C8H8N2O3. The van der Waals surface area contributed by atoms with Gasteiger partial charge in [-0.1, -0.05) is 0 Å². The fraction of sp³-hybridized carbons (Fsp3) is 0.250. The lowest BCUT2D eigenvalue weighted by molar-refractivity contribution is 0.553. The van der Waals surface area contributed by atoms with Gasteiger partial charge >= 0.3 is 5.76 Å². The number of pyridine rings is 1. The molecule has 0 saturated heterocycles. The van der Waals surface area contributed by atoms with Crippen LogP contribution in [0.15, 0.2) is 20.2 Å². The van der Waals surface area contributed by atoms with E-state index in [1.54, 1.807) is 20.2 Å². The normalized spacial score (nSPS) is 10.9. The van der Waals surface area contributed by atoms with Crippen LogP contribution in [0.4, 0.5) is 0 Å². The summed E-state index contributed by atoms with van der Waals surface area (Å²) < 4.78 is 6.22. The Balaban J connectivity index is 3.13. The van der Waals surface area contributed by atoms with Crippen LogP contribution in [0.3, 0.4) is 0 Å². The highest BCUT2D eigenvalue weighted by Gasteiger charge is 2.08. The molecule has 2 aromatic heterocycles. The van der Waals surface area contributed by atoms with Gasteiger partial charge in [0.05, 0.1) is 0 Å². The summed E-state index contributed by atoms with van der Waals surface area (Å²) >= 11 is 0. The molecule has 2 rings (SSSR count). The lowest BCUT2D eigenvalue weighted by Gasteiger charge is -1.97. The zero-order valence-electron chi connectivity index (χ0n) is 7.25. The third-order valence-corrected chi connectivity index (χ3v) is 1.93. The maximum atomic E-state index is 11.4. The Bertz CT molecular complexity index is 573. The Kier molecular flexibility index (Phi) is 1.42. The van der Waals surface area contributed by atoms with Crippen LogP contribution in [-0.4, -0.2) is 9.55 Å². The van der Waals surface area contributed by atoms with Gasteiger partial charge in [-0.3, -0.25) is 9.78 Å². The number of hydrogen-bond donors (Lipinski definition) is 1. The molecule has 0 aliphatic carbocycles. The second kappa shape index (κ2) is 2.35. The molecule has 0 aliphatic rings. The SMILES string of the molecule is Cc1cn(C)c(=O)c2[nH]c(=O)oc12. The Morgan fingerprint density at radius 3 is 2.85 bits per heavy atom. The predicted octanol–water partition coefficient (Wildman–Crippen LogP) is 0.128. The fourth-order valence-electron chi connectivity index (χ4n) is 1.34. The van der Waals surface area contributed by atoms with Gasteiger partial charge < -0.3 is 8.98 Å². The summed E-state index contributed by atoms with van der Waals surface area (Å²) in [6, 6.07) is 0. The third kappa shape index (κ3) is 1.00. The minimum Gasteiger partial charge on any atom is -0.407 e. The molecule has 0 aromatic carbocycles. The highest BCUT2D eigenvalue weighted by atomic mass is 16.4. The second-order valence-corrected chi connectivity index (χ2v) is 2.95. The van der Waals surface area contributed by atoms with E-state index in [-0.39, 0.29) is 11.1 Å². The van der Waals surface area contributed by atoms with Gasteiger partial charge in [-0.2, -0.15) is 0 Å². The van der Waals surface area contributed by atoms with E-state index < -0.39 is 5.76 Å². The summed E-state index contributed by atoms with van der Waals surface area (Å²) in [7, 11) is 1.63. The van der Waals surface area contributed by atoms with Crippen molar-refractivity contribution < 1.29 is 4.42 Å². The van der Waals surface area contributed by atoms with Crippen LogP contribution < -0.4 is 11.3 Å². The summed E-state index contributed by atoms with van der Waals surface area (Å²) in [6.07, 6.45) is 1.63. The van der Waals surface area contributed by atoms with Gasteiger partial charge in [0.25, 0.3) is 5.56 Å². The summed E-state index contributed by atoms with van der Waals surface area (Å²) in [4.78, 5) is 24.6. The van der Waals surface area contributed by atoms with Crippen LogP contribution in [0, 0.1) is 6.92 Å². The molecule has 5 heteroatoms. The molecule has 0 bridgehead atoms. The van der Waals surface area contributed by atoms with Crippen LogP contribution in [0.1, 0.15) is 5.56 Å². The summed E-state index contributed by atoms with van der Waals surface area (Å²) in [5, 5.41) is 0. The number of aryl methyl sites for hydroxylation is 2. The summed E-state index contributed by atoms with van der Waals surface area (Å²) in [5.74, 6) is -0.596. The molecule has 1 N–H and O–H groups in total. The van der Waals surface area contributed by atoms with E-state index in [1.165, 1.54) is 4.57 Å². The first kappa shape index (κ1) is 7.85. The maximum absolute atomic E-state index is 11.4. The molecule has 68 valence electrons. The van der Waals surface area contributed by atoms with Gasteiger partial charge in [0.15, 0.2) is 11.1 Å². The molecular weight excluding hydrogens is 172 g/mol. The van der Waals surface area contributed by atoms with Crippen molar-refractivity contribution in [2.24, 2.45) is 7.05 Å².